The molecule has 0 aliphatic rings. The average molecular weight is 503 g/mol. The molecule has 0 aliphatic heterocycles. The van der Waals surface area contributed by atoms with E-state index in [2.05, 4.69) is 74.4 Å². The van der Waals surface area contributed by atoms with Crippen molar-refractivity contribution >= 4 is 37.6 Å². The summed E-state index contributed by atoms with van der Waals surface area (Å²) in [7, 11) is 2.11. The zero-order chi connectivity index (χ0) is 23.3. The Labute approximate surface area is 202 Å². The van der Waals surface area contributed by atoms with Gasteiger partial charge < -0.3 is 9.30 Å². The largest absolute Gasteiger partial charge is 0.463 e. The second-order valence-electron chi connectivity index (χ2n) is 9.69. The predicted molar refractivity (Wildman–Crippen MR) is 140 cm³/mol. The molecule has 0 unspecified atom stereocenters. The minimum atomic E-state index is 0.177. The lowest BCUT2D eigenvalue weighted by molar-refractivity contribution is 0.126. The Bertz CT molecular complexity index is 1060. The number of ether oxygens (including phenoxy) is 1. The van der Waals surface area contributed by atoms with E-state index in [1.165, 1.54) is 67.8 Å². The van der Waals surface area contributed by atoms with E-state index in [0.29, 0.717) is 12.6 Å². The number of nitrogens with zero attached hydrogens (tertiary/aromatic N) is 3. The molecule has 32 heavy (non-hydrogen) atoms. The van der Waals surface area contributed by atoms with Crippen molar-refractivity contribution in [2.45, 2.75) is 92.4 Å². The molecule has 3 aromatic rings. The molecule has 2 aromatic heterocycles. The molecule has 0 bridgehead atoms. The van der Waals surface area contributed by atoms with Crippen LogP contribution in [0.15, 0.2) is 16.7 Å². The number of hydrogen-bond acceptors (Lipinski definition) is 3. The highest BCUT2D eigenvalue weighted by Gasteiger charge is 2.25. The van der Waals surface area contributed by atoms with Crippen LogP contribution in [0.3, 0.4) is 0 Å². The lowest BCUT2D eigenvalue weighted by atomic mass is 9.81. The summed E-state index contributed by atoms with van der Waals surface area (Å²) in [5, 5.41) is 3.60. The Kier molecular flexibility index (Phi) is 8.60. The fourth-order valence-electron chi connectivity index (χ4n) is 4.90. The maximum atomic E-state index is 6.27. The van der Waals surface area contributed by atoms with Crippen molar-refractivity contribution in [1.82, 2.24) is 14.5 Å². The summed E-state index contributed by atoms with van der Waals surface area (Å²) in [6.45, 7) is 11.9. The molecular weight excluding hydrogens is 462 g/mol. The van der Waals surface area contributed by atoms with Crippen LogP contribution in [0.1, 0.15) is 90.4 Å². The molecule has 176 valence electrons. The van der Waals surface area contributed by atoms with E-state index < -0.39 is 0 Å². The highest BCUT2D eigenvalue weighted by molar-refractivity contribution is 9.10. The fraction of sp³-hybridized carbons (Fsp3) is 0.630. The summed E-state index contributed by atoms with van der Waals surface area (Å²) in [5.41, 5.74) is 3.42. The standard InChI is InChI=1S/C27H40BrN3O/c1-7-10-12-13-15-27(5,14-11-8-2)18-32-26-29-19(4)24-20-17-31(6)23(9-3)25(20)21(28)16-22(24)30-26/h16-17H,7-15,18H2,1-6H3/t27-/m0/s1. The van der Waals surface area contributed by atoms with Gasteiger partial charge in [0.15, 0.2) is 0 Å². The number of aryl methyl sites for hydroxylation is 3. The Morgan fingerprint density at radius 3 is 2.41 bits per heavy atom. The van der Waals surface area contributed by atoms with Gasteiger partial charge in [0.05, 0.1) is 17.8 Å². The first kappa shape index (κ1) is 25.0. The zero-order valence-corrected chi connectivity index (χ0v) is 22.4. The highest BCUT2D eigenvalue weighted by atomic mass is 79.9. The summed E-state index contributed by atoms with van der Waals surface area (Å²) in [6.07, 6.45) is 13.2. The van der Waals surface area contributed by atoms with Gasteiger partial charge in [-0.25, -0.2) is 0 Å². The van der Waals surface area contributed by atoms with Crippen molar-refractivity contribution in [2.75, 3.05) is 6.61 Å². The molecule has 0 amide bonds. The molecule has 1 aromatic carbocycles. The number of hydrogen-bond donors (Lipinski definition) is 0. The number of unbranched alkanes of at least 4 members (excludes halogenated alkanes) is 4. The zero-order valence-electron chi connectivity index (χ0n) is 20.9. The molecule has 3 rings (SSSR count). The number of halogens is 1. The van der Waals surface area contributed by atoms with Gasteiger partial charge in [0.25, 0.3) is 0 Å². The first-order chi connectivity index (χ1) is 15.3. The molecule has 0 aliphatic carbocycles. The van der Waals surface area contributed by atoms with E-state index >= 15 is 0 Å². The van der Waals surface area contributed by atoms with Crippen LogP contribution < -0.4 is 4.74 Å². The van der Waals surface area contributed by atoms with Crippen LogP contribution in [0, 0.1) is 12.3 Å². The highest BCUT2D eigenvalue weighted by Crippen LogP contribution is 2.37. The van der Waals surface area contributed by atoms with Crippen LogP contribution >= 0.6 is 15.9 Å². The minimum absolute atomic E-state index is 0.177. The van der Waals surface area contributed by atoms with Crippen molar-refractivity contribution < 1.29 is 4.74 Å². The summed E-state index contributed by atoms with van der Waals surface area (Å²) in [4.78, 5) is 9.61. The molecule has 0 spiro atoms. The minimum Gasteiger partial charge on any atom is -0.463 e. The molecule has 5 heteroatoms. The molecule has 1 atom stereocenters. The first-order valence-electron chi connectivity index (χ1n) is 12.4. The Morgan fingerprint density at radius 1 is 1.00 bits per heavy atom. The van der Waals surface area contributed by atoms with Crippen molar-refractivity contribution in [1.29, 1.82) is 0 Å². The van der Waals surface area contributed by atoms with E-state index in [1.807, 2.05) is 0 Å². The Balaban J connectivity index is 1.87. The second-order valence-corrected chi connectivity index (χ2v) is 10.5. The number of benzene rings is 1. The van der Waals surface area contributed by atoms with Gasteiger partial charge in [0.1, 0.15) is 0 Å². The van der Waals surface area contributed by atoms with Gasteiger partial charge in [-0.05, 0) is 32.3 Å². The van der Waals surface area contributed by atoms with Crippen LogP contribution in [0.4, 0.5) is 0 Å². The van der Waals surface area contributed by atoms with E-state index in [-0.39, 0.29) is 5.41 Å². The molecular formula is C27H40BrN3O. The molecule has 4 nitrogen and oxygen atoms in total. The van der Waals surface area contributed by atoms with Gasteiger partial charge in [-0.2, -0.15) is 9.97 Å². The van der Waals surface area contributed by atoms with Gasteiger partial charge >= 0.3 is 6.01 Å². The maximum Gasteiger partial charge on any atom is 0.317 e. The SMILES string of the molecule is CCCCCC[C@](C)(CCCC)COc1nc(C)c2c(cc(Br)c3c(CC)n(C)cc32)n1. The Morgan fingerprint density at radius 2 is 1.72 bits per heavy atom. The molecule has 0 saturated heterocycles. The van der Waals surface area contributed by atoms with E-state index in [4.69, 9.17) is 14.7 Å². The maximum absolute atomic E-state index is 6.27. The number of fused-ring (bicyclic) bond motifs is 3. The van der Waals surface area contributed by atoms with Gasteiger partial charge in [0, 0.05) is 45.0 Å². The van der Waals surface area contributed by atoms with Crippen molar-refractivity contribution in [3.63, 3.8) is 0 Å². The Hall–Kier alpha value is -1.62. The fourth-order valence-corrected chi connectivity index (χ4v) is 5.56. The first-order valence-corrected chi connectivity index (χ1v) is 13.2. The molecule has 0 N–H and O–H groups in total. The van der Waals surface area contributed by atoms with E-state index in [9.17, 15) is 0 Å². The van der Waals surface area contributed by atoms with Crippen LogP contribution in [-0.4, -0.2) is 21.1 Å². The topological polar surface area (TPSA) is 39.9 Å². The third-order valence-corrected chi connectivity index (χ3v) is 7.45. The van der Waals surface area contributed by atoms with Gasteiger partial charge in [-0.15, -0.1) is 0 Å². The van der Waals surface area contributed by atoms with Crippen molar-refractivity contribution in [3.8, 4) is 6.01 Å². The quantitative estimate of drug-likeness (QED) is 0.234. The third kappa shape index (κ3) is 5.47. The van der Waals surface area contributed by atoms with Crippen LogP contribution in [0.5, 0.6) is 6.01 Å². The third-order valence-electron chi connectivity index (χ3n) is 6.83. The molecule has 2 heterocycles. The molecule has 0 radical (unpaired) electrons. The van der Waals surface area contributed by atoms with E-state index in [1.54, 1.807) is 0 Å². The van der Waals surface area contributed by atoms with Gasteiger partial charge in [-0.3, -0.25) is 0 Å². The average Bonchev–Trinajstić information content (AvgIpc) is 3.10. The van der Waals surface area contributed by atoms with E-state index in [0.717, 1.165) is 27.5 Å². The lowest BCUT2D eigenvalue weighted by Crippen LogP contribution is -2.26. The normalized spacial score (nSPS) is 13.7. The summed E-state index contributed by atoms with van der Waals surface area (Å²) < 4.78 is 9.58. The summed E-state index contributed by atoms with van der Waals surface area (Å²) >= 11 is 3.80. The number of aromatic nitrogens is 3. The van der Waals surface area contributed by atoms with Crippen molar-refractivity contribution in [3.05, 3.63) is 28.1 Å². The van der Waals surface area contributed by atoms with Crippen LogP contribution in [-0.2, 0) is 13.5 Å². The summed E-state index contributed by atoms with van der Waals surface area (Å²) in [5.74, 6) is 0. The number of rotatable bonds is 12. The monoisotopic (exact) mass is 501 g/mol. The van der Waals surface area contributed by atoms with Crippen LogP contribution in [0.2, 0.25) is 0 Å². The van der Waals surface area contributed by atoms with Crippen molar-refractivity contribution in [2.24, 2.45) is 12.5 Å². The smallest absolute Gasteiger partial charge is 0.317 e. The van der Waals surface area contributed by atoms with Crippen LogP contribution in [0.25, 0.3) is 21.7 Å². The van der Waals surface area contributed by atoms with Gasteiger partial charge in [0.2, 0.25) is 0 Å². The van der Waals surface area contributed by atoms with Gasteiger partial charge in [-0.1, -0.05) is 82.1 Å². The predicted octanol–water partition coefficient (Wildman–Crippen LogP) is 8.30. The molecule has 0 saturated carbocycles. The lowest BCUT2D eigenvalue weighted by Gasteiger charge is -2.29. The molecule has 0 fully saturated rings. The second kappa shape index (κ2) is 11.0. The summed E-state index contributed by atoms with van der Waals surface area (Å²) in [6, 6.07) is 2.63.